The van der Waals surface area contributed by atoms with Gasteiger partial charge in [0.05, 0.1) is 18.1 Å². The number of carbonyl (C=O) groups is 1. The van der Waals surface area contributed by atoms with Crippen molar-refractivity contribution < 1.29 is 24.3 Å². The van der Waals surface area contributed by atoms with Crippen LogP contribution in [0.15, 0.2) is 12.1 Å². The van der Waals surface area contributed by atoms with Crippen molar-refractivity contribution in [2.24, 2.45) is 0 Å². The number of hydrogen-bond donors (Lipinski definition) is 1. The Morgan fingerprint density at radius 1 is 1.35 bits per heavy atom. The second-order valence-electron chi connectivity index (χ2n) is 6.12. The van der Waals surface area contributed by atoms with Gasteiger partial charge in [0.2, 0.25) is 0 Å². The number of aromatic hydroxyl groups is 1. The van der Waals surface area contributed by atoms with Gasteiger partial charge in [0.1, 0.15) is 5.75 Å². The highest BCUT2D eigenvalue weighted by molar-refractivity contribution is 7.21. The summed E-state index contributed by atoms with van der Waals surface area (Å²) >= 11 is 1.02. The lowest BCUT2D eigenvalue weighted by Crippen LogP contribution is -2.12. The third-order valence-corrected chi connectivity index (χ3v) is 5.23. The molecule has 8 heteroatoms. The third kappa shape index (κ3) is 4.43. The molecule has 0 radical (unpaired) electrons. The Bertz CT molecular complexity index is 801. The van der Waals surface area contributed by atoms with Crippen LogP contribution in [-0.2, 0) is 4.74 Å². The van der Waals surface area contributed by atoms with Crippen molar-refractivity contribution in [2.75, 3.05) is 7.11 Å². The molecule has 0 aliphatic heterocycles. The number of nitro groups is 1. The minimum Gasteiger partial charge on any atom is -0.505 e. The molecule has 0 aliphatic carbocycles. The maximum absolute atomic E-state index is 11.7. The monoisotopic (exact) mass is 381 g/mol. The van der Waals surface area contributed by atoms with Gasteiger partial charge in [-0.3, -0.25) is 10.1 Å². The van der Waals surface area contributed by atoms with Crippen molar-refractivity contribution in [1.82, 2.24) is 0 Å². The van der Waals surface area contributed by atoms with Crippen LogP contribution in [0, 0.1) is 10.1 Å². The first kappa shape index (κ1) is 20.0. The fourth-order valence-electron chi connectivity index (χ4n) is 2.70. The summed E-state index contributed by atoms with van der Waals surface area (Å²) in [6, 6.07) is 2.75. The smallest absolute Gasteiger partial charge is 0.351 e. The first-order chi connectivity index (χ1) is 12.4. The maximum Gasteiger partial charge on any atom is 0.351 e. The van der Waals surface area contributed by atoms with E-state index < -0.39 is 10.9 Å². The van der Waals surface area contributed by atoms with Crippen molar-refractivity contribution in [1.29, 1.82) is 0 Å². The van der Waals surface area contributed by atoms with Crippen LogP contribution in [0.25, 0.3) is 10.1 Å². The molecule has 2 aromatic rings. The first-order valence-corrected chi connectivity index (χ1v) is 9.39. The van der Waals surface area contributed by atoms with Crippen LogP contribution in [0.5, 0.6) is 11.5 Å². The number of esters is 1. The number of methoxy groups -OCH3 is 1. The van der Waals surface area contributed by atoms with Gasteiger partial charge in [-0.2, -0.15) is 0 Å². The van der Waals surface area contributed by atoms with E-state index in [1.807, 2.05) is 6.92 Å². The number of benzene rings is 1. The maximum atomic E-state index is 11.7. The summed E-state index contributed by atoms with van der Waals surface area (Å²) in [6.45, 7) is 4.02. The minimum absolute atomic E-state index is 0.0153. The summed E-state index contributed by atoms with van der Waals surface area (Å²) < 4.78 is 11.0. The molecule has 0 fully saturated rings. The molecule has 0 amide bonds. The van der Waals surface area contributed by atoms with E-state index in [0.29, 0.717) is 4.70 Å². The Labute approximate surface area is 155 Å². The van der Waals surface area contributed by atoms with E-state index in [1.165, 1.54) is 19.2 Å². The molecule has 0 saturated carbocycles. The molecule has 2 rings (SSSR count). The van der Waals surface area contributed by atoms with E-state index in [4.69, 9.17) is 4.74 Å². The molecule has 7 nitrogen and oxygen atoms in total. The van der Waals surface area contributed by atoms with Crippen LogP contribution in [0.3, 0.4) is 0 Å². The SMILES string of the molecule is CCCCCC[C@@H](C)Oc1cc2sc(C(=O)OC)c(O)c2cc1[N+](=O)[O-]. The van der Waals surface area contributed by atoms with Gasteiger partial charge in [0.25, 0.3) is 0 Å². The number of ether oxygens (including phenoxy) is 2. The van der Waals surface area contributed by atoms with E-state index in [9.17, 15) is 20.0 Å². The highest BCUT2D eigenvalue weighted by Gasteiger charge is 2.25. The molecular formula is C18H23NO6S. The van der Waals surface area contributed by atoms with Crippen molar-refractivity contribution in [3.8, 4) is 11.5 Å². The second-order valence-corrected chi connectivity index (χ2v) is 7.17. The van der Waals surface area contributed by atoms with Gasteiger partial charge >= 0.3 is 11.7 Å². The molecule has 1 N–H and O–H groups in total. The van der Waals surface area contributed by atoms with Crippen molar-refractivity contribution in [3.05, 3.63) is 27.1 Å². The molecule has 142 valence electrons. The third-order valence-electron chi connectivity index (χ3n) is 4.10. The molecule has 1 aromatic carbocycles. The van der Waals surface area contributed by atoms with Gasteiger partial charge in [0.15, 0.2) is 10.6 Å². The number of nitro benzene ring substituents is 1. The van der Waals surface area contributed by atoms with E-state index in [1.54, 1.807) is 0 Å². The lowest BCUT2D eigenvalue weighted by molar-refractivity contribution is -0.385. The van der Waals surface area contributed by atoms with Crippen molar-refractivity contribution in [3.63, 3.8) is 0 Å². The Morgan fingerprint density at radius 2 is 2.08 bits per heavy atom. The van der Waals surface area contributed by atoms with Gasteiger partial charge in [-0.15, -0.1) is 11.3 Å². The van der Waals surface area contributed by atoms with E-state index in [-0.39, 0.29) is 33.6 Å². The molecule has 0 bridgehead atoms. The Morgan fingerprint density at radius 3 is 2.69 bits per heavy atom. The number of fused-ring (bicyclic) bond motifs is 1. The van der Waals surface area contributed by atoms with E-state index >= 15 is 0 Å². The topological polar surface area (TPSA) is 98.9 Å². The largest absolute Gasteiger partial charge is 0.505 e. The lowest BCUT2D eigenvalue weighted by atomic mass is 10.1. The van der Waals surface area contributed by atoms with Gasteiger partial charge < -0.3 is 14.6 Å². The zero-order chi connectivity index (χ0) is 19.3. The Kier molecular flexibility index (Phi) is 6.79. The van der Waals surface area contributed by atoms with Gasteiger partial charge in [-0.1, -0.05) is 26.2 Å². The predicted molar refractivity (Wildman–Crippen MR) is 100 cm³/mol. The number of carbonyl (C=O) groups excluding carboxylic acids is 1. The average Bonchev–Trinajstić information content (AvgIpc) is 2.93. The number of nitrogens with zero attached hydrogens (tertiary/aromatic N) is 1. The molecule has 0 spiro atoms. The number of rotatable bonds is 9. The van der Waals surface area contributed by atoms with Crippen molar-refractivity contribution in [2.45, 2.75) is 52.1 Å². The molecule has 1 aromatic heterocycles. The Balaban J connectivity index is 2.31. The summed E-state index contributed by atoms with van der Waals surface area (Å²) in [6.07, 6.45) is 5.03. The zero-order valence-corrected chi connectivity index (χ0v) is 15.9. The van der Waals surface area contributed by atoms with Crippen LogP contribution in [-0.4, -0.2) is 29.2 Å². The minimum atomic E-state index is -0.682. The molecular weight excluding hydrogens is 358 g/mol. The second kappa shape index (κ2) is 8.84. The molecule has 0 unspecified atom stereocenters. The lowest BCUT2D eigenvalue weighted by Gasteiger charge is -2.14. The molecule has 26 heavy (non-hydrogen) atoms. The normalized spacial score (nSPS) is 12.1. The van der Waals surface area contributed by atoms with Gasteiger partial charge in [-0.25, -0.2) is 4.79 Å². The molecule has 0 aliphatic rings. The summed E-state index contributed by atoms with van der Waals surface area (Å²) in [5, 5.41) is 21.8. The summed E-state index contributed by atoms with van der Waals surface area (Å²) in [7, 11) is 1.21. The quantitative estimate of drug-likeness (QED) is 0.283. The number of thiophene rings is 1. The van der Waals surface area contributed by atoms with E-state index in [2.05, 4.69) is 11.7 Å². The van der Waals surface area contributed by atoms with Crippen LogP contribution in [0.1, 0.15) is 55.6 Å². The van der Waals surface area contributed by atoms with Crippen LogP contribution < -0.4 is 4.74 Å². The van der Waals surface area contributed by atoms with Crippen LogP contribution in [0.2, 0.25) is 0 Å². The van der Waals surface area contributed by atoms with Crippen LogP contribution >= 0.6 is 11.3 Å². The highest BCUT2D eigenvalue weighted by Crippen LogP contribution is 2.43. The summed E-state index contributed by atoms with van der Waals surface area (Å²) in [5.41, 5.74) is -0.234. The predicted octanol–water partition coefficient (Wildman–Crippen LogP) is 5.04. The van der Waals surface area contributed by atoms with Crippen molar-refractivity contribution >= 4 is 33.1 Å². The fraction of sp³-hybridized carbons (Fsp3) is 0.500. The zero-order valence-electron chi connectivity index (χ0n) is 15.1. The standard InChI is InChI=1S/C18H23NO6S/c1-4-5-6-7-8-11(2)25-14-10-15-12(9-13(14)19(22)23)16(20)17(26-15)18(21)24-3/h9-11,20H,4-8H2,1-3H3/t11-/m1/s1. The number of hydrogen-bond acceptors (Lipinski definition) is 7. The summed E-state index contributed by atoms with van der Waals surface area (Å²) in [4.78, 5) is 22.6. The highest BCUT2D eigenvalue weighted by atomic mass is 32.1. The molecule has 1 heterocycles. The Hall–Kier alpha value is -2.35. The van der Waals surface area contributed by atoms with Gasteiger partial charge in [0, 0.05) is 22.2 Å². The molecule has 1 atom stereocenters. The number of unbranched alkanes of at least 4 members (excludes halogenated alkanes) is 3. The molecule has 0 saturated heterocycles. The fourth-order valence-corrected chi connectivity index (χ4v) is 3.73. The first-order valence-electron chi connectivity index (χ1n) is 8.57. The van der Waals surface area contributed by atoms with E-state index in [0.717, 1.165) is 43.4 Å². The van der Waals surface area contributed by atoms with Crippen LogP contribution in [0.4, 0.5) is 5.69 Å². The average molecular weight is 381 g/mol. The summed E-state index contributed by atoms with van der Waals surface area (Å²) in [5.74, 6) is -0.847. The van der Waals surface area contributed by atoms with Gasteiger partial charge in [-0.05, 0) is 19.8 Å².